The summed E-state index contributed by atoms with van der Waals surface area (Å²) in [4.78, 5) is 21.7. The monoisotopic (exact) mass is 531 g/mol. The zero-order valence-electron chi connectivity index (χ0n) is 18.7. The minimum Gasteiger partial charge on any atom is -0.308 e. The molecule has 0 spiro atoms. The SMILES string of the molecule is CCS(=O)(=O)c1cccc(C(=O)N(CCN(C)C)c2nc3ccc(S(C)(=O)=O)cc3s2)c1.Cl. The second kappa shape index (κ2) is 10.5. The Labute approximate surface area is 204 Å². The number of fused-ring (bicyclic) bond motifs is 1. The van der Waals surface area contributed by atoms with Crippen molar-refractivity contribution in [3.8, 4) is 0 Å². The number of rotatable bonds is 8. The molecule has 33 heavy (non-hydrogen) atoms. The number of nitrogens with zero attached hydrogens (tertiary/aromatic N) is 3. The van der Waals surface area contributed by atoms with E-state index in [2.05, 4.69) is 4.98 Å². The lowest BCUT2D eigenvalue weighted by molar-refractivity contribution is 0.0985. The largest absolute Gasteiger partial charge is 0.308 e. The van der Waals surface area contributed by atoms with E-state index in [9.17, 15) is 21.6 Å². The van der Waals surface area contributed by atoms with Gasteiger partial charge < -0.3 is 4.90 Å². The van der Waals surface area contributed by atoms with Crippen LogP contribution >= 0.6 is 23.7 Å². The quantitative estimate of drug-likeness (QED) is 0.439. The van der Waals surface area contributed by atoms with Crippen LogP contribution in [0.2, 0.25) is 0 Å². The molecule has 0 saturated heterocycles. The number of hydrogen-bond donors (Lipinski definition) is 0. The summed E-state index contributed by atoms with van der Waals surface area (Å²) < 4.78 is 49.0. The average Bonchev–Trinajstić information content (AvgIpc) is 3.16. The molecule has 0 aliphatic heterocycles. The van der Waals surface area contributed by atoms with Crippen molar-refractivity contribution in [2.75, 3.05) is 44.1 Å². The minimum atomic E-state index is -3.46. The Balaban J connectivity index is 0.00000385. The molecule has 1 amide bonds. The number of carbonyl (C=O) groups is 1. The predicted octanol–water partition coefficient (Wildman–Crippen LogP) is 3.12. The zero-order valence-corrected chi connectivity index (χ0v) is 21.9. The van der Waals surface area contributed by atoms with Crippen LogP contribution in [0, 0.1) is 0 Å². The fourth-order valence-corrected chi connectivity index (χ4v) is 5.64. The van der Waals surface area contributed by atoms with Gasteiger partial charge in [0.05, 0.1) is 25.8 Å². The van der Waals surface area contributed by atoms with Crippen molar-refractivity contribution >= 4 is 64.7 Å². The number of amides is 1. The first-order chi connectivity index (χ1) is 14.9. The van der Waals surface area contributed by atoms with E-state index in [1.54, 1.807) is 31.2 Å². The molecule has 0 aliphatic rings. The van der Waals surface area contributed by atoms with Crippen molar-refractivity contribution in [1.82, 2.24) is 9.88 Å². The highest BCUT2D eigenvalue weighted by Gasteiger charge is 2.23. The van der Waals surface area contributed by atoms with Gasteiger partial charge in [-0.2, -0.15) is 0 Å². The van der Waals surface area contributed by atoms with Gasteiger partial charge in [-0.25, -0.2) is 21.8 Å². The number of hydrogen-bond acceptors (Lipinski definition) is 8. The third-order valence-electron chi connectivity index (χ3n) is 4.84. The Hall–Kier alpha value is -2.05. The second-order valence-corrected chi connectivity index (χ2v) is 12.9. The maximum absolute atomic E-state index is 13.4. The predicted molar refractivity (Wildman–Crippen MR) is 134 cm³/mol. The van der Waals surface area contributed by atoms with E-state index in [-0.39, 0.29) is 39.4 Å². The average molecular weight is 532 g/mol. The molecule has 1 aromatic heterocycles. The molecule has 3 rings (SSSR count). The van der Waals surface area contributed by atoms with Gasteiger partial charge in [-0.15, -0.1) is 12.4 Å². The summed E-state index contributed by atoms with van der Waals surface area (Å²) in [7, 11) is -3.07. The van der Waals surface area contributed by atoms with Crippen LogP contribution < -0.4 is 4.90 Å². The van der Waals surface area contributed by atoms with Crippen molar-refractivity contribution < 1.29 is 21.6 Å². The Kier molecular flexibility index (Phi) is 8.63. The van der Waals surface area contributed by atoms with Crippen LogP contribution in [0.15, 0.2) is 52.3 Å². The number of likely N-dealkylation sites (N-methyl/N-ethyl adjacent to an activating group) is 1. The van der Waals surface area contributed by atoms with E-state index < -0.39 is 19.7 Å². The number of benzene rings is 2. The van der Waals surface area contributed by atoms with Gasteiger partial charge in [0.15, 0.2) is 24.8 Å². The van der Waals surface area contributed by atoms with Gasteiger partial charge >= 0.3 is 0 Å². The number of aromatic nitrogens is 1. The molecule has 0 unspecified atom stereocenters. The normalized spacial score (nSPS) is 12.0. The fraction of sp³-hybridized carbons (Fsp3) is 0.333. The molecule has 1 heterocycles. The van der Waals surface area contributed by atoms with Gasteiger partial charge in [0.1, 0.15) is 0 Å². The first kappa shape index (κ1) is 27.2. The molecule has 0 aliphatic carbocycles. The molecule has 180 valence electrons. The summed E-state index contributed by atoms with van der Waals surface area (Å²) in [6.45, 7) is 2.44. The Morgan fingerprint density at radius 3 is 2.30 bits per heavy atom. The third kappa shape index (κ3) is 6.30. The molecular weight excluding hydrogens is 506 g/mol. The van der Waals surface area contributed by atoms with E-state index in [1.165, 1.54) is 34.4 Å². The number of carbonyl (C=O) groups excluding carboxylic acids is 1. The summed E-state index contributed by atoms with van der Waals surface area (Å²) in [6, 6.07) is 10.7. The lowest BCUT2D eigenvalue weighted by Gasteiger charge is -2.22. The standard InChI is InChI=1S/C21H25N3O5S3.ClH/c1-5-32(28,29)17-8-6-7-15(13-17)20(25)24(12-11-23(2)3)21-22-18-10-9-16(31(4,26)27)14-19(18)30-21;/h6-10,13-14H,5,11-12H2,1-4H3;1H. The van der Waals surface area contributed by atoms with E-state index in [0.717, 1.165) is 6.26 Å². The van der Waals surface area contributed by atoms with Crippen molar-refractivity contribution in [1.29, 1.82) is 0 Å². The van der Waals surface area contributed by atoms with Crippen LogP contribution in [0.1, 0.15) is 17.3 Å². The highest BCUT2D eigenvalue weighted by atomic mass is 35.5. The molecule has 0 radical (unpaired) electrons. The molecule has 0 saturated carbocycles. The molecule has 0 N–H and O–H groups in total. The zero-order chi connectivity index (χ0) is 23.7. The molecule has 2 aromatic carbocycles. The van der Waals surface area contributed by atoms with Gasteiger partial charge in [0, 0.05) is 24.9 Å². The van der Waals surface area contributed by atoms with Gasteiger partial charge in [0.25, 0.3) is 5.91 Å². The number of thiazole rings is 1. The minimum absolute atomic E-state index is 0. The number of halogens is 1. The van der Waals surface area contributed by atoms with E-state index in [0.29, 0.717) is 28.4 Å². The van der Waals surface area contributed by atoms with Crippen LogP contribution in [0.4, 0.5) is 5.13 Å². The molecular formula is C21H26ClN3O5S3. The van der Waals surface area contributed by atoms with Crippen molar-refractivity contribution in [2.45, 2.75) is 16.7 Å². The highest BCUT2D eigenvalue weighted by molar-refractivity contribution is 7.91. The van der Waals surface area contributed by atoms with E-state index in [1.807, 2.05) is 19.0 Å². The molecule has 0 fully saturated rings. The van der Waals surface area contributed by atoms with Crippen LogP contribution in [0.25, 0.3) is 10.2 Å². The summed E-state index contributed by atoms with van der Waals surface area (Å²) in [5.74, 6) is -0.433. The fourth-order valence-electron chi connectivity index (χ4n) is 2.97. The maximum atomic E-state index is 13.4. The second-order valence-electron chi connectivity index (χ2n) is 7.59. The summed E-state index contributed by atoms with van der Waals surface area (Å²) in [6.07, 6.45) is 1.14. The summed E-state index contributed by atoms with van der Waals surface area (Å²) in [5, 5.41) is 0.418. The lowest BCUT2D eigenvalue weighted by Crippen LogP contribution is -2.36. The Bertz CT molecular complexity index is 1370. The molecule has 8 nitrogen and oxygen atoms in total. The summed E-state index contributed by atoms with van der Waals surface area (Å²) >= 11 is 1.22. The first-order valence-electron chi connectivity index (χ1n) is 9.82. The van der Waals surface area contributed by atoms with Gasteiger partial charge in [-0.3, -0.25) is 9.69 Å². The third-order valence-corrected chi connectivity index (χ3v) is 8.73. The summed E-state index contributed by atoms with van der Waals surface area (Å²) in [5.41, 5.74) is 0.830. The van der Waals surface area contributed by atoms with Crippen LogP contribution in [0.3, 0.4) is 0 Å². The molecule has 0 bridgehead atoms. The van der Waals surface area contributed by atoms with Crippen molar-refractivity contribution in [3.05, 3.63) is 48.0 Å². The van der Waals surface area contributed by atoms with Crippen molar-refractivity contribution in [2.24, 2.45) is 0 Å². The topological polar surface area (TPSA) is 105 Å². The van der Waals surface area contributed by atoms with Crippen LogP contribution in [0.5, 0.6) is 0 Å². The van der Waals surface area contributed by atoms with E-state index in [4.69, 9.17) is 0 Å². The van der Waals surface area contributed by atoms with Crippen molar-refractivity contribution in [3.63, 3.8) is 0 Å². The number of anilines is 1. The Morgan fingerprint density at radius 2 is 1.70 bits per heavy atom. The van der Waals surface area contributed by atoms with Gasteiger partial charge in [-0.1, -0.05) is 24.3 Å². The molecule has 3 aromatic rings. The van der Waals surface area contributed by atoms with Gasteiger partial charge in [0.2, 0.25) is 0 Å². The smallest absolute Gasteiger partial charge is 0.260 e. The highest BCUT2D eigenvalue weighted by Crippen LogP contribution is 2.31. The van der Waals surface area contributed by atoms with Gasteiger partial charge in [-0.05, 0) is 50.5 Å². The Morgan fingerprint density at radius 1 is 1.00 bits per heavy atom. The first-order valence-corrected chi connectivity index (χ1v) is 14.2. The molecule has 0 atom stereocenters. The lowest BCUT2D eigenvalue weighted by atomic mass is 10.2. The molecule has 12 heteroatoms. The van der Waals surface area contributed by atoms with Crippen LogP contribution in [-0.4, -0.2) is 71.8 Å². The number of sulfone groups is 2. The van der Waals surface area contributed by atoms with Crippen LogP contribution in [-0.2, 0) is 19.7 Å². The van der Waals surface area contributed by atoms with E-state index >= 15 is 0 Å². The maximum Gasteiger partial charge on any atom is 0.260 e.